The van der Waals surface area contributed by atoms with Gasteiger partial charge in [-0.25, -0.2) is 0 Å². The minimum atomic E-state index is 0.173. The molecule has 0 aliphatic rings. The molecule has 2 nitrogen and oxygen atoms in total. The van der Waals surface area contributed by atoms with Crippen molar-refractivity contribution in [3.63, 3.8) is 0 Å². The first-order valence-electron chi connectivity index (χ1n) is 4.78. The number of halogens is 1. The molecule has 0 aromatic heterocycles. The zero-order valence-corrected chi connectivity index (χ0v) is 9.34. The Morgan fingerprint density at radius 3 is 2.64 bits per heavy atom. The van der Waals surface area contributed by atoms with Crippen molar-refractivity contribution in [1.29, 1.82) is 0 Å². The van der Waals surface area contributed by atoms with Gasteiger partial charge >= 0.3 is 0 Å². The Morgan fingerprint density at radius 2 is 2.14 bits per heavy atom. The van der Waals surface area contributed by atoms with Gasteiger partial charge in [-0.05, 0) is 44.5 Å². The van der Waals surface area contributed by atoms with E-state index in [-0.39, 0.29) is 6.10 Å². The van der Waals surface area contributed by atoms with Crippen LogP contribution < -0.4 is 10.5 Å². The molecule has 0 heterocycles. The number of nitrogens with two attached hydrogens (primary N) is 1. The third-order valence-electron chi connectivity index (χ3n) is 1.81. The second kappa shape index (κ2) is 5.23. The molecule has 3 heteroatoms. The predicted molar refractivity (Wildman–Crippen MR) is 60.0 cm³/mol. The lowest BCUT2D eigenvalue weighted by atomic mass is 10.1. The van der Waals surface area contributed by atoms with Crippen LogP contribution in [0.3, 0.4) is 0 Å². The van der Waals surface area contributed by atoms with Gasteiger partial charge in [0.25, 0.3) is 0 Å². The number of hydrogen-bond acceptors (Lipinski definition) is 2. The van der Waals surface area contributed by atoms with Gasteiger partial charge in [-0.15, -0.1) is 0 Å². The number of hydrogen-bond donors (Lipinski definition) is 1. The van der Waals surface area contributed by atoms with Crippen molar-refractivity contribution in [3.8, 4) is 5.75 Å². The van der Waals surface area contributed by atoms with Crippen molar-refractivity contribution in [2.24, 2.45) is 5.73 Å². The maximum atomic E-state index is 6.06. The fourth-order valence-electron chi connectivity index (χ4n) is 1.23. The van der Waals surface area contributed by atoms with Gasteiger partial charge in [0.1, 0.15) is 5.75 Å². The van der Waals surface area contributed by atoms with Crippen molar-refractivity contribution in [1.82, 2.24) is 0 Å². The average Bonchev–Trinajstić information content (AvgIpc) is 2.09. The summed E-state index contributed by atoms with van der Waals surface area (Å²) in [4.78, 5) is 0. The number of rotatable bonds is 4. The normalized spacial score (nSPS) is 10.6. The smallest absolute Gasteiger partial charge is 0.121 e. The molecule has 1 rings (SSSR count). The molecule has 0 saturated heterocycles. The van der Waals surface area contributed by atoms with E-state index in [0.29, 0.717) is 6.54 Å². The summed E-state index contributed by atoms with van der Waals surface area (Å²) in [5, 5.41) is 0.730. The van der Waals surface area contributed by atoms with Gasteiger partial charge in [0.2, 0.25) is 0 Å². The van der Waals surface area contributed by atoms with Crippen molar-refractivity contribution < 1.29 is 4.74 Å². The van der Waals surface area contributed by atoms with E-state index in [1.54, 1.807) is 0 Å². The minimum absolute atomic E-state index is 0.173. The van der Waals surface area contributed by atoms with Crippen molar-refractivity contribution in [2.75, 3.05) is 6.54 Å². The molecule has 1 aromatic rings. The summed E-state index contributed by atoms with van der Waals surface area (Å²) < 4.78 is 5.51. The molecular formula is C11H16ClNO. The van der Waals surface area contributed by atoms with Crippen LogP contribution in [0.15, 0.2) is 18.2 Å². The fraction of sp³-hybridized carbons (Fsp3) is 0.455. The lowest BCUT2D eigenvalue weighted by Crippen LogP contribution is -2.06. The first-order valence-corrected chi connectivity index (χ1v) is 5.16. The Balaban J connectivity index is 2.78. The molecule has 1 aromatic carbocycles. The highest BCUT2D eigenvalue weighted by atomic mass is 35.5. The summed E-state index contributed by atoms with van der Waals surface area (Å²) in [5.74, 6) is 0.811. The lowest BCUT2D eigenvalue weighted by Gasteiger charge is -2.11. The second-order valence-corrected chi connectivity index (χ2v) is 3.87. The van der Waals surface area contributed by atoms with Crippen LogP contribution in [0.2, 0.25) is 5.02 Å². The predicted octanol–water partition coefficient (Wildman–Crippen LogP) is 2.63. The zero-order valence-electron chi connectivity index (χ0n) is 8.59. The minimum Gasteiger partial charge on any atom is -0.491 e. The fourth-order valence-corrected chi connectivity index (χ4v) is 1.50. The van der Waals surface area contributed by atoms with Gasteiger partial charge in [-0.3, -0.25) is 0 Å². The van der Waals surface area contributed by atoms with Gasteiger partial charge in [0, 0.05) is 5.02 Å². The molecule has 0 unspecified atom stereocenters. The van der Waals surface area contributed by atoms with Crippen LogP contribution in [0, 0.1) is 0 Å². The highest BCUT2D eigenvalue weighted by molar-refractivity contribution is 6.31. The molecule has 0 amide bonds. The van der Waals surface area contributed by atoms with E-state index in [1.807, 2.05) is 32.0 Å². The van der Waals surface area contributed by atoms with Gasteiger partial charge < -0.3 is 10.5 Å². The molecule has 0 radical (unpaired) electrons. The Morgan fingerprint density at radius 1 is 1.43 bits per heavy atom. The molecule has 0 saturated carbocycles. The quantitative estimate of drug-likeness (QED) is 0.835. The highest BCUT2D eigenvalue weighted by Gasteiger charge is 2.03. The average molecular weight is 214 g/mol. The van der Waals surface area contributed by atoms with Gasteiger partial charge in [-0.1, -0.05) is 17.7 Å². The third-order valence-corrected chi connectivity index (χ3v) is 2.16. The molecule has 2 N–H and O–H groups in total. The highest BCUT2D eigenvalue weighted by Crippen LogP contribution is 2.23. The zero-order chi connectivity index (χ0) is 10.6. The largest absolute Gasteiger partial charge is 0.491 e. The molecular weight excluding hydrogens is 198 g/mol. The van der Waals surface area contributed by atoms with Crippen LogP contribution in [0.5, 0.6) is 5.75 Å². The first kappa shape index (κ1) is 11.3. The van der Waals surface area contributed by atoms with Crippen LogP contribution in [0.4, 0.5) is 0 Å². The SMILES string of the molecule is CC(C)Oc1ccc(CCN)c(Cl)c1. The summed E-state index contributed by atoms with van der Waals surface area (Å²) in [5.41, 5.74) is 6.53. The van der Waals surface area contributed by atoms with E-state index in [0.717, 1.165) is 22.8 Å². The molecule has 0 aliphatic heterocycles. The maximum Gasteiger partial charge on any atom is 0.121 e. The van der Waals surface area contributed by atoms with Crippen LogP contribution >= 0.6 is 11.6 Å². The number of benzene rings is 1. The van der Waals surface area contributed by atoms with E-state index in [1.165, 1.54) is 0 Å². The maximum absolute atomic E-state index is 6.06. The molecule has 0 spiro atoms. The summed E-state index contributed by atoms with van der Waals surface area (Å²) in [6, 6.07) is 5.73. The van der Waals surface area contributed by atoms with Crippen LogP contribution in [-0.2, 0) is 6.42 Å². The molecule has 0 bridgehead atoms. The first-order chi connectivity index (χ1) is 6.63. The van der Waals surface area contributed by atoms with E-state index >= 15 is 0 Å². The van der Waals surface area contributed by atoms with Crippen LogP contribution in [0.25, 0.3) is 0 Å². The molecule has 0 fully saturated rings. The topological polar surface area (TPSA) is 35.2 Å². The van der Waals surface area contributed by atoms with Gasteiger partial charge in [0.15, 0.2) is 0 Å². The van der Waals surface area contributed by atoms with Crippen molar-refractivity contribution in [2.45, 2.75) is 26.4 Å². The van der Waals surface area contributed by atoms with Crippen molar-refractivity contribution in [3.05, 3.63) is 28.8 Å². The molecule has 0 aliphatic carbocycles. The van der Waals surface area contributed by atoms with Crippen molar-refractivity contribution >= 4 is 11.6 Å². The van der Waals surface area contributed by atoms with Gasteiger partial charge in [-0.2, -0.15) is 0 Å². The number of ether oxygens (including phenoxy) is 1. The monoisotopic (exact) mass is 213 g/mol. The standard InChI is InChI=1S/C11H16ClNO/c1-8(2)14-10-4-3-9(5-6-13)11(12)7-10/h3-4,7-8H,5-6,13H2,1-2H3. The molecule has 78 valence electrons. The summed E-state index contributed by atoms with van der Waals surface area (Å²) in [6.07, 6.45) is 0.979. The van der Waals surface area contributed by atoms with E-state index in [9.17, 15) is 0 Å². The Bertz CT molecular complexity index is 299. The third kappa shape index (κ3) is 3.20. The molecule has 14 heavy (non-hydrogen) atoms. The summed E-state index contributed by atoms with van der Waals surface area (Å²) in [7, 11) is 0. The second-order valence-electron chi connectivity index (χ2n) is 3.46. The van der Waals surface area contributed by atoms with E-state index < -0.39 is 0 Å². The van der Waals surface area contributed by atoms with E-state index in [4.69, 9.17) is 22.1 Å². The Hall–Kier alpha value is -0.730. The Kier molecular flexibility index (Phi) is 4.23. The van der Waals surface area contributed by atoms with E-state index in [2.05, 4.69) is 0 Å². The lowest BCUT2D eigenvalue weighted by molar-refractivity contribution is 0.242. The summed E-state index contributed by atoms with van der Waals surface area (Å²) >= 11 is 6.06. The summed E-state index contributed by atoms with van der Waals surface area (Å²) in [6.45, 7) is 4.59. The Labute approximate surface area is 90.0 Å². The van der Waals surface area contributed by atoms with Gasteiger partial charge in [0.05, 0.1) is 6.10 Å². The molecule has 0 atom stereocenters. The van der Waals surface area contributed by atoms with Crippen LogP contribution in [0.1, 0.15) is 19.4 Å². The van der Waals surface area contributed by atoms with Crippen LogP contribution in [-0.4, -0.2) is 12.6 Å².